The largest absolute Gasteiger partial charge is 0.496 e. The molecule has 0 unspecified atom stereocenters. The first-order chi connectivity index (χ1) is 5.15. The molecule has 1 aromatic heterocycles. The van der Waals surface area contributed by atoms with E-state index in [-0.39, 0.29) is 0 Å². The van der Waals surface area contributed by atoms with Crippen LogP contribution >= 0.6 is 0 Å². The zero-order valence-corrected chi connectivity index (χ0v) is 7.51. The van der Waals surface area contributed by atoms with Crippen LogP contribution in [-0.2, 0) is 7.05 Å². The maximum absolute atomic E-state index is 5.12. The number of hydrogen-bond acceptors (Lipinski definition) is 1. The van der Waals surface area contributed by atoms with Crippen LogP contribution in [0.15, 0.2) is 12.1 Å². The molecule has 0 atom stereocenters. The molecule has 0 radical (unpaired) electrons. The summed E-state index contributed by atoms with van der Waals surface area (Å²) in [5, 5.41) is 0. The van der Waals surface area contributed by atoms with Gasteiger partial charge >= 0.3 is 0 Å². The lowest BCUT2D eigenvalue weighted by Crippen LogP contribution is -2.35. The molecule has 2 nitrogen and oxygen atoms in total. The topological polar surface area (TPSA) is 13.1 Å². The van der Waals surface area contributed by atoms with Crippen LogP contribution in [0.2, 0.25) is 0 Å². The normalized spacial score (nSPS) is 9.82. The van der Waals surface area contributed by atoms with E-state index in [1.54, 1.807) is 7.11 Å². The average molecular weight is 152 g/mol. The van der Waals surface area contributed by atoms with Gasteiger partial charge in [-0.05, 0) is 0 Å². The first kappa shape index (κ1) is 8.05. The molecular formula is C9H14NO+. The summed E-state index contributed by atoms with van der Waals surface area (Å²) in [6.45, 7) is 4.13. The van der Waals surface area contributed by atoms with Crippen LogP contribution in [0.4, 0.5) is 0 Å². The molecule has 0 aliphatic rings. The summed E-state index contributed by atoms with van der Waals surface area (Å²) >= 11 is 0. The van der Waals surface area contributed by atoms with Gasteiger partial charge in [0.2, 0.25) is 0 Å². The average Bonchev–Trinajstić information content (AvgIpc) is 1.99. The van der Waals surface area contributed by atoms with E-state index in [4.69, 9.17) is 4.74 Å². The first-order valence-electron chi connectivity index (χ1n) is 3.66. The van der Waals surface area contributed by atoms with Crippen LogP contribution in [0, 0.1) is 13.8 Å². The Morgan fingerprint density at radius 1 is 1.18 bits per heavy atom. The summed E-state index contributed by atoms with van der Waals surface area (Å²) in [5.74, 6) is 0.929. The molecule has 2 heteroatoms. The molecule has 0 bridgehead atoms. The summed E-state index contributed by atoms with van der Waals surface area (Å²) in [6, 6.07) is 4.04. The monoisotopic (exact) mass is 152 g/mol. The predicted molar refractivity (Wildman–Crippen MR) is 43.6 cm³/mol. The number of hydrogen-bond donors (Lipinski definition) is 0. The highest BCUT2D eigenvalue weighted by molar-refractivity contribution is 5.21. The van der Waals surface area contributed by atoms with E-state index >= 15 is 0 Å². The lowest BCUT2D eigenvalue weighted by Gasteiger charge is -2.01. The van der Waals surface area contributed by atoms with Crippen molar-refractivity contribution >= 4 is 0 Å². The van der Waals surface area contributed by atoms with Gasteiger partial charge in [0.05, 0.1) is 7.11 Å². The molecule has 60 valence electrons. The van der Waals surface area contributed by atoms with Crippen molar-refractivity contribution in [2.24, 2.45) is 7.05 Å². The van der Waals surface area contributed by atoms with Gasteiger partial charge in [0.15, 0.2) is 11.4 Å². The summed E-state index contributed by atoms with van der Waals surface area (Å²) < 4.78 is 7.24. The van der Waals surface area contributed by atoms with Crippen molar-refractivity contribution < 1.29 is 9.30 Å². The first-order valence-corrected chi connectivity index (χ1v) is 3.66. The summed E-state index contributed by atoms with van der Waals surface area (Å²) in [6.07, 6.45) is 0. The zero-order chi connectivity index (χ0) is 8.43. The second kappa shape index (κ2) is 2.91. The molecule has 1 rings (SSSR count). The molecule has 0 amide bonds. The Morgan fingerprint density at radius 3 is 2.00 bits per heavy atom. The molecule has 0 aliphatic carbocycles. The van der Waals surface area contributed by atoms with Gasteiger partial charge in [0.25, 0.3) is 0 Å². The predicted octanol–water partition coefficient (Wildman–Crippen LogP) is 1.14. The van der Waals surface area contributed by atoms with Gasteiger partial charge in [0, 0.05) is 26.0 Å². The van der Waals surface area contributed by atoms with Crippen molar-refractivity contribution in [2.75, 3.05) is 7.11 Å². The highest BCUT2D eigenvalue weighted by Gasteiger charge is 2.06. The Bertz CT molecular complexity index is 245. The SMILES string of the molecule is COc1cc(C)[n+](C)c(C)c1. The Hall–Kier alpha value is -1.05. The smallest absolute Gasteiger partial charge is 0.181 e. The van der Waals surface area contributed by atoms with E-state index in [9.17, 15) is 0 Å². The van der Waals surface area contributed by atoms with Crippen molar-refractivity contribution in [1.29, 1.82) is 0 Å². The van der Waals surface area contributed by atoms with E-state index in [1.807, 2.05) is 19.2 Å². The molecule has 0 spiro atoms. The molecule has 0 saturated carbocycles. The number of aryl methyl sites for hydroxylation is 2. The number of pyridine rings is 1. The Morgan fingerprint density at radius 2 is 1.64 bits per heavy atom. The fourth-order valence-electron chi connectivity index (χ4n) is 1.04. The van der Waals surface area contributed by atoms with Gasteiger partial charge in [0.1, 0.15) is 12.8 Å². The zero-order valence-electron chi connectivity index (χ0n) is 7.51. The summed E-state index contributed by atoms with van der Waals surface area (Å²) in [7, 11) is 3.73. The molecule has 0 N–H and O–H groups in total. The number of nitrogens with zero attached hydrogens (tertiary/aromatic N) is 1. The Labute approximate surface area is 67.4 Å². The van der Waals surface area contributed by atoms with Crippen molar-refractivity contribution in [3.63, 3.8) is 0 Å². The number of methoxy groups -OCH3 is 1. The quantitative estimate of drug-likeness (QED) is 0.550. The third-order valence-electron chi connectivity index (χ3n) is 2.00. The molecular weight excluding hydrogens is 138 g/mol. The molecule has 0 saturated heterocycles. The van der Waals surface area contributed by atoms with E-state index in [0.717, 1.165) is 5.75 Å². The lowest BCUT2D eigenvalue weighted by atomic mass is 10.3. The van der Waals surface area contributed by atoms with Crippen molar-refractivity contribution in [2.45, 2.75) is 13.8 Å². The third kappa shape index (κ3) is 1.50. The van der Waals surface area contributed by atoms with Gasteiger partial charge in [-0.3, -0.25) is 0 Å². The Kier molecular flexibility index (Phi) is 2.13. The maximum atomic E-state index is 5.12. The van der Waals surface area contributed by atoms with Crippen molar-refractivity contribution in [3.05, 3.63) is 23.5 Å². The van der Waals surface area contributed by atoms with Gasteiger partial charge < -0.3 is 4.74 Å². The number of rotatable bonds is 1. The van der Waals surface area contributed by atoms with Gasteiger partial charge in [-0.2, -0.15) is 0 Å². The van der Waals surface area contributed by atoms with Crippen LogP contribution in [0.1, 0.15) is 11.4 Å². The van der Waals surface area contributed by atoms with Gasteiger partial charge in [-0.25, -0.2) is 4.57 Å². The lowest BCUT2D eigenvalue weighted by molar-refractivity contribution is -0.683. The fraction of sp³-hybridized carbons (Fsp3) is 0.444. The minimum atomic E-state index is 0.929. The van der Waals surface area contributed by atoms with E-state index < -0.39 is 0 Å². The van der Waals surface area contributed by atoms with Crippen LogP contribution in [0.3, 0.4) is 0 Å². The highest BCUT2D eigenvalue weighted by atomic mass is 16.5. The standard InChI is InChI=1S/C9H14NO/c1-7-5-9(11-4)6-8(2)10(7)3/h5-6H,1-4H3/q+1. The molecule has 0 aromatic carbocycles. The maximum Gasteiger partial charge on any atom is 0.181 e. The van der Waals surface area contributed by atoms with Crippen LogP contribution in [0.25, 0.3) is 0 Å². The molecule has 1 heterocycles. The van der Waals surface area contributed by atoms with Crippen LogP contribution in [0.5, 0.6) is 5.75 Å². The molecule has 0 aliphatic heterocycles. The van der Waals surface area contributed by atoms with E-state index in [1.165, 1.54) is 11.4 Å². The number of aromatic nitrogens is 1. The van der Waals surface area contributed by atoms with E-state index in [0.29, 0.717) is 0 Å². The highest BCUT2D eigenvalue weighted by Crippen LogP contribution is 2.10. The fourth-order valence-corrected chi connectivity index (χ4v) is 1.04. The van der Waals surface area contributed by atoms with Crippen molar-refractivity contribution in [3.8, 4) is 5.75 Å². The van der Waals surface area contributed by atoms with E-state index in [2.05, 4.69) is 18.4 Å². The third-order valence-corrected chi connectivity index (χ3v) is 2.00. The van der Waals surface area contributed by atoms with Crippen LogP contribution in [-0.4, -0.2) is 7.11 Å². The Balaban J connectivity index is 3.21. The molecule has 1 aromatic rings. The van der Waals surface area contributed by atoms with Gasteiger partial charge in [-0.1, -0.05) is 0 Å². The van der Waals surface area contributed by atoms with Crippen molar-refractivity contribution in [1.82, 2.24) is 0 Å². The number of ether oxygens (including phenoxy) is 1. The second-order valence-corrected chi connectivity index (χ2v) is 2.74. The minimum absolute atomic E-state index is 0.929. The van der Waals surface area contributed by atoms with Gasteiger partial charge in [-0.15, -0.1) is 0 Å². The summed E-state index contributed by atoms with van der Waals surface area (Å²) in [5.41, 5.74) is 2.42. The summed E-state index contributed by atoms with van der Waals surface area (Å²) in [4.78, 5) is 0. The van der Waals surface area contributed by atoms with Crippen LogP contribution < -0.4 is 9.30 Å². The minimum Gasteiger partial charge on any atom is -0.496 e. The second-order valence-electron chi connectivity index (χ2n) is 2.74. The molecule has 0 fully saturated rings. The molecule has 11 heavy (non-hydrogen) atoms.